The van der Waals surface area contributed by atoms with E-state index in [-0.39, 0.29) is 44.8 Å². The van der Waals surface area contributed by atoms with E-state index in [0.29, 0.717) is 11.3 Å². The van der Waals surface area contributed by atoms with Gasteiger partial charge in [0.15, 0.2) is 0 Å². The molecule has 0 bridgehead atoms. The Hall–Kier alpha value is -3.12. The minimum absolute atomic E-state index is 0.0498. The van der Waals surface area contributed by atoms with E-state index in [4.69, 9.17) is 16.3 Å². The number of ether oxygens (including phenoxy) is 1. The van der Waals surface area contributed by atoms with Crippen LogP contribution in [0.4, 0.5) is 11.4 Å². The predicted molar refractivity (Wildman–Crippen MR) is 144 cm³/mol. The molecule has 0 radical (unpaired) electrons. The molecule has 0 aliphatic carbocycles. The SMILES string of the molecule is CCN(CC)S(=O)(=O)c1ccc(Cl)c(C(=O)Nc2ccc(C)c(S(=O)(=O)Nc3ccccc3OC)c2)c1. The summed E-state index contributed by atoms with van der Waals surface area (Å²) in [4.78, 5) is 12.9. The third-order valence-electron chi connectivity index (χ3n) is 5.61. The zero-order chi connectivity index (χ0) is 27.4. The third-order valence-corrected chi connectivity index (χ3v) is 9.50. The van der Waals surface area contributed by atoms with Gasteiger partial charge < -0.3 is 10.1 Å². The number of nitrogens with zero attached hydrogens (tertiary/aromatic N) is 1. The monoisotopic (exact) mass is 565 g/mol. The molecule has 1 amide bonds. The second-order valence-electron chi connectivity index (χ2n) is 7.97. The van der Waals surface area contributed by atoms with Crippen LogP contribution in [-0.4, -0.2) is 47.2 Å². The lowest BCUT2D eigenvalue weighted by molar-refractivity contribution is 0.102. The molecule has 0 unspecified atom stereocenters. The van der Waals surface area contributed by atoms with Crippen LogP contribution < -0.4 is 14.8 Å². The van der Waals surface area contributed by atoms with E-state index in [1.54, 1.807) is 57.2 Å². The van der Waals surface area contributed by atoms with Crippen molar-refractivity contribution in [3.63, 3.8) is 0 Å². The summed E-state index contributed by atoms with van der Waals surface area (Å²) in [5.74, 6) is -0.339. The van der Waals surface area contributed by atoms with Crippen molar-refractivity contribution in [3.8, 4) is 5.75 Å². The highest BCUT2D eigenvalue weighted by atomic mass is 35.5. The Balaban J connectivity index is 1.93. The Kier molecular flexibility index (Phi) is 8.85. The van der Waals surface area contributed by atoms with Gasteiger partial charge in [-0.3, -0.25) is 9.52 Å². The summed E-state index contributed by atoms with van der Waals surface area (Å²) in [5, 5.41) is 2.66. The first-order valence-corrected chi connectivity index (χ1v) is 14.6. The molecule has 198 valence electrons. The Morgan fingerprint density at radius 3 is 2.30 bits per heavy atom. The molecule has 0 saturated carbocycles. The smallest absolute Gasteiger partial charge is 0.262 e. The van der Waals surface area contributed by atoms with Gasteiger partial charge in [0.25, 0.3) is 15.9 Å². The molecule has 0 atom stereocenters. The Bertz CT molecular complexity index is 1520. The van der Waals surface area contributed by atoms with E-state index >= 15 is 0 Å². The number of methoxy groups -OCH3 is 1. The molecule has 0 heterocycles. The average molecular weight is 566 g/mol. The normalized spacial score (nSPS) is 11.8. The highest BCUT2D eigenvalue weighted by molar-refractivity contribution is 7.92. The fraction of sp³-hybridized carbons (Fsp3) is 0.240. The number of carbonyl (C=O) groups is 1. The highest BCUT2D eigenvalue weighted by Crippen LogP contribution is 2.29. The zero-order valence-corrected chi connectivity index (χ0v) is 23.2. The number of anilines is 2. The molecule has 12 heteroatoms. The largest absolute Gasteiger partial charge is 0.495 e. The maximum absolute atomic E-state index is 13.2. The van der Waals surface area contributed by atoms with Gasteiger partial charge in [0, 0.05) is 18.8 Å². The minimum atomic E-state index is -4.04. The maximum Gasteiger partial charge on any atom is 0.262 e. The number of hydrogen-bond donors (Lipinski definition) is 2. The number of benzene rings is 3. The van der Waals surface area contributed by atoms with Crippen LogP contribution in [0.15, 0.2) is 70.5 Å². The Labute approximate surface area is 222 Å². The number of para-hydroxylation sites is 2. The van der Waals surface area contributed by atoms with Gasteiger partial charge in [-0.1, -0.05) is 43.6 Å². The van der Waals surface area contributed by atoms with Crippen LogP contribution in [-0.2, 0) is 20.0 Å². The van der Waals surface area contributed by atoms with E-state index in [1.807, 2.05) is 0 Å². The van der Waals surface area contributed by atoms with Gasteiger partial charge in [0.2, 0.25) is 10.0 Å². The molecule has 9 nitrogen and oxygen atoms in total. The predicted octanol–water partition coefficient (Wildman–Crippen LogP) is 4.74. The van der Waals surface area contributed by atoms with Crippen molar-refractivity contribution in [2.45, 2.75) is 30.6 Å². The van der Waals surface area contributed by atoms with Crippen LogP contribution in [0, 0.1) is 6.92 Å². The number of carbonyl (C=O) groups excluding carboxylic acids is 1. The molecule has 0 saturated heterocycles. The summed E-state index contributed by atoms with van der Waals surface area (Å²) < 4.78 is 61.1. The maximum atomic E-state index is 13.2. The van der Waals surface area contributed by atoms with E-state index in [0.717, 1.165) is 0 Å². The lowest BCUT2D eigenvalue weighted by atomic mass is 10.2. The molecular weight excluding hydrogens is 538 g/mol. The van der Waals surface area contributed by atoms with Gasteiger partial charge >= 0.3 is 0 Å². The van der Waals surface area contributed by atoms with Crippen molar-refractivity contribution in [3.05, 3.63) is 76.8 Å². The van der Waals surface area contributed by atoms with Crippen LogP contribution in [0.1, 0.15) is 29.8 Å². The minimum Gasteiger partial charge on any atom is -0.495 e. The molecule has 2 N–H and O–H groups in total. The lowest BCUT2D eigenvalue weighted by Crippen LogP contribution is -2.30. The van der Waals surface area contributed by atoms with Gasteiger partial charge in [0.1, 0.15) is 5.75 Å². The first kappa shape index (κ1) is 28.5. The topological polar surface area (TPSA) is 122 Å². The zero-order valence-electron chi connectivity index (χ0n) is 20.8. The van der Waals surface area contributed by atoms with E-state index < -0.39 is 26.0 Å². The molecule has 0 spiro atoms. The van der Waals surface area contributed by atoms with Crippen LogP contribution in [0.5, 0.6) is 5.75 Å². The summed E-state index contributed by atoms with van der Waals surface area (Å²) in [5.41, 5.74) is 0.832. The second-order valence-corrected chi connectivity index (χ2v) is 12.0. The van der Waals surface area contributed by atoms with E-state index in [9.17, 15) is 21.6 Å². The van der Waals surface area contributed by atoms with Crippen LogP contribution >= 0.6 is 11.6 Å². The third kappa shape index (κ3) is 6.24. The molecular formula is C25H28ClN3O6S2. The van der Waals surface area contributed by atoms with Crippen molar-refractivity contribution in [2.24, 2.45) is 0 Å². The highest BCUT2D eigenvalue weighted by Gasteiger charge is 2.25. The molecule has 37 heavy (non-hydrogen) atoms. The summed E-state index contributed by atoms with van der Waals surface area (Å²) in [6.07, 6.45) is 0. The number of aryl methyl sites for hydroxylation is 1. The first-order chi connectivity index (χ1) is 17.4. The van der Waals surface area contributed by atoms with Crippen LogP contribution in [0.25, 0.3) is 0 Å². The standard InChI is InChI=1S/C25H28ClN3O6S2/c1-5-29(6-2)37(33,34)19-13-14-21(26)20(16-19)25(30)27-18-12-11-17(3)24(15-18)36(31,32)28-22-9-7-8-10-23(22)35-4/h7-16,28H,5-6H2,1-4H3,(H,27,30). The molecule has 3 aromatic rings. The molecule has 3 aromatic carbocycles. The quantitative estimate of drug-likeness (QED) is 0.366. The number of sulfonamides is 2. The van der Waals surface area contributed by atoms with Crippen molar-refractivity contribution in [1.29, 1.82) is 0 Å². The van der Waals surface area contributed by atoms with Gasteiger partial charge in [-0.15, -0.1) is 0 Å². The number of hydrogen-bond acceptors (Lipinski definition) is 6. The summed E-state index contributed by atoms with van der Waals surface area (Å²) in [6, 6.07) is 14.9. The molecule has 3 rings (SSSR count). The number of rotatable bonds is 10. The van der Waals surface area contributed by atoms with Gasteiger partial charge in [-0.25, -0.2) is 16.8 Å². The lowest BCUT2D eigenvalue weighted by Gasteiger charge is -2.19. The average Bonchev–Trinajstić information content (AvgIpc) is 2.85. The fourth-order valence-electron chi connectivity index (χ4n) is 3.65. The first-order valence-electron chi connectivity index (χ1n) is 11.3. The summed E-state index contributed by atoms with van der Waals surface area (Å²) in [7, 11) is -6.43. The van der Waals surface area contributed by atoms with Gasteiger partial charge in [0.05, 0.1) is 33.2 Å². The number of halogens is 1. The Morgan fingerprint density at radius 1 is 0.973 bits per heavy atom. The molecule has 0 aliphatic rings. The second kappa shape index (κ2) is 11.5. The molecule has 0 aliphatic heterocycles. The summed E-state index contributed by atoms with van der Waals surface area (Å²) in [6.45, 7) is 5.60. The van der Waals surface area contributed by atoms with Crippen molar-refractivity contribution in [1.82, 2.24) is 4.31 Å². The van der Waals surface area contributed by atoms with Gasteiger partial charge in [-0.2, -0.15) is 4.31 Å². The van der Waals surface area contributed by atoms with E-state index in [1.165, 1.54) is 35.7 Å². The summed E-state index contributed by atoms with van der Waals surface area (Å²) >= 11 is 6.22. The number of nitrogens with one attached hydrogen (secondary N) is 2. The van der Waals surface area contributed by atoms with Gasteiger partial charge in [-0.05, 0) is 55.0 Å². The van der Waals surface area contributed by atoms with Crippen molar-refractivity contribution < 1.29 is 26.4 Å². The molecule has 0 fully saturated rings. The fourth-order valence-corrected chi connectivity index (χ4v) is 6.68. The van der Waals surface area contributed by atoms with Crippen molar-refractivity contribution >= 4 is 48.9 Å². The van der Waals surface area contributed by atoms with E-state index in [2.05, 4.69) is 10.0 Å². The Morgan fingerprint density at radius 2 is 1.65 bits per heavy atom. The number of amides is 1. The van der Waals surface area contributed by atoms with Crippen LogP contribution in [0.2, 0.25) is 5.02 Å². The molecule has 0 aromatic heterocycles. The van der Waals surface area contributed by atoms with Crippen molar-refractivity contribution in [2.75, 3.05) is 30.2 Å². The van der Waals surface area contributed by atoms with Crippen LogP contribution in [0.3, 0.4) is 0 Å².